The Morgan fingerprint density at radius 3 is 1.53 bits per heavy atom. The number of rotatable bonds is 9. The zero-order valence-electron chi connectivity index (χ0n) is 16.3. The smallest absolute Gasteiger partial charge is 0.240 e. The molecule has 0 heterocycles. The van der Waals surface area contributed by atoms with Crippen LogP contribution in [0.1, 0.15) is 23.1 Å². The fourth-order valence-corrected chi connectivity index (χ4v) is 3.55. The first-order valence-electron chi connectivity index (χ1n) is 9.54. The summed E-state index contributed by atoms with van der Waals surface area (Å²) in [6, 6.07) is 27.7. The Bertz CT molecular complexity index is 895. The molecule has 152 valence electrons. The molecule has 3 amide bonds. The quantitative estimate of drug-likeness (QED) is 0.378. The van der Waals surface area contributed by atoms with Gasteiger partial charge in [-0.15, -0.1) is 0 Å². The summed E-state index contributed by atoms with van der Waals surface area (Å²) in [5, 5.41) is 5.42. The van der Waals surface area contributed by atoms with Gasteiger partial charge >= 0.3 is 0 Å². The maximum Gasteiger partial charge on any atom is 0.240 e. The second-order valence-electron chi connectivity index (χ2n) is 6.84. The van der Waals surface area contributed by atoms with Crippen LogP contribution in [-0.2, 0) is 19.9 Å². The first kappa shape index (κ1) is 20.8. The highest BCUT2D eigenvalue weighted by atomic mass is 16.2. The van der Waals surface area contributed by atoms with Crippen molar-refractivity contribution in [2.45, 2.75) is 18.0 Å². The van der Waals surface area contributed by atoms with Crippen LogP contribution in [0.4, 0.5) is 0 Å². The Kier molecular flexibility index (Phi) is 6.60. The van der Waals surface area contributed by atoms with E-state index >= 15 is 0 Å². The summed E-state index contributed by atoms with van der Waals surface area (Å²) >= 11 is 0. The van der Waals surface area contributed by atoms with Crippen LogP contribution in [-0.4, -0.2) is 24.3 Å². The molecular weight excluding hydrogens is 378 g/mol. The highest BCUT2D eigenvalue weighted by Crippen LogP contribution is 2.36. The zero-order valence-corrected chi connectivity index (χ0v) is 16.3. The van der Waals surface area contributed by atoms with E-state index in [-0.39, 0.29) is 6.42 Å². The van der Waals surface area contributed by atoms with Gasteiger partial charge in [0.25, 0.3) is 0 Å². The minimum atomic E-state index is -1.09. The van der Waals surface area contributed by atoms with E-state index in [2.05, 4.69) is 10.6 Å². The Hall–Kier alpha value is -3.93. The van der Waals surface area contributed by atoms with Crippen molar-refractivity contribution in [2.75, 3.05) is 0 Å². The molecule has 0 aromatic heterocycles. The topological polar surface area (TPSA) is 101 Å². The van der Waals surface area contributed by atoms with Crippen molar-refractivity contribution < 1.29 is 14.4 Å². The number of hydrogen-bond acceptors (Lipinski definition) is 3. The Morgan fingerprint density at radius 1 is 0.800 bits per heavy atom. The molecule has 0 bridgehead atoms. The van der Waals surface area contributed by atoms with Gasteiger partial charge in [0.05, 0.1) is 6.42 Å². The number of nitrogens with one attached hydrogen (secondary N) is 2. The van der Waals surface area contributed by atoms with E-state index in [1.54, 1.807) is 0 Å². The molecule has 6 nitrogen and oxygen atoms in total. The van der Waals surface area contributed by atoms with Crippen LogP contribution in [0.2, 0.25) is 0 Å². The number of primary amides is 1. The highest BCUT2D eigenvalue weighted by molar-refractivity contribution is 5.89. The third kappa shape index (κ3) is 4.38. The van der Waals surface area contributed by atoms with Crippen molar-refractivity contribution in [3.8, 4) is 0 Å². The third-order valence-electron chi connectivity index (χ3n) is 4.95. The Labute approximate surface area is 175 Å². The van der Waals surface area contributed by atoms with Crippen molar-refractivity contribution in [2.24, 2.45) is 5.73 Å². The molecule has 4 N–H and O–H groups in total. The van der Waals surface area contributed by atoms with E-state index in [0.29, 0.717) is 6.41 Å². The lowest BCUT2D eigenvalue weighted by Crippen LogP contribution is -2.51. The number of amides is 3. The molecule has 0 spiro atoms. The molecule has 3 aromatic rings. The average Bonchev–Trinajstić information content (AvgIpc) is 2.79. The van der Waals surface area contributed by atoms with Gasteiger partial charge in [-0.25, -0.2) is 0 Å². The molecule has 6 heteroatoms. The molecule has 0 saturated carbocycles. The molecule has 1 unspecified atom stereocenters. The van der Waals surface area contributed by atoms with Crippen LogP contribution in [0.15, 0.2) is 91.0 Å². The lowest BCUT2D eigenvalue weighted by atomic mass is 9.77. The summed E-state index contributed by atoms with van der Waals surface area (Å²) in [5.41, 5.74) is 6.90. The first-order chi connectivity index (χ1) is 14.6. The molecule has 3 aromatic carbocycles. The predicted octanol–water partition coefficient (Wildman–Crippen LogP) is 2.08. The van der Waals surface area contributed by atoms with Crippen molar-refractivity contribution >= 4 is 18.2 Å². The number of carbonyl (C=O) groups excluding carboxylic acids is 3. The molecule has 0 saturated heterocycles. The largest absolute Gasteiger partial charge is 0.368 e. The predicted molar refractivity (Wildman–Crippen MR) is 114 cm³/mol. The second-order valence-corrected chi connectivity index (χ2v) is 6.84. The van der Waals surface area contributed by atoms with E-state index in [1.807, 2.05) is 91.0 Å². The standard InChI is InChI=1S/C24H23N3O3/c25-23(30)21(26-17-28)16-22(29)27-24(18-10-4-1-5-11-18,19-12-6-2-7-13-19)20-14-8-3-9-15-20/h1-15,17,21H,16H2,(H2,25,30)(H,26,28)(H,27,29). The molecule has 0 radical (unpaired) electrons. The highest BCUT2D eigenvalue weighted by Gasteiger charge is 2.38. The Balaban J connectivity index is 2.13. The van der Waals surface area contributed by atoms with E-state index in [0.717, 1.165) is 16.7 Å². The number of carbonyl (C=O) groups is 3. The third-order valence-corrected chi connectivity index (χ3v) is 4.95. The van der Waals surface area contributed by atoms with Crippen molar-refractivity contribution in [3.63, 3.8) is 0 Å². The maximum absolute atomic E-state index is 13.1. The SMILES string of the molecule is NC(=O)C(CC(=O)NC(c1ccccc1)(c1ccccc1)c1ccccc1)NC=O. The fraction of sp³-hybridized carbons (Fsp3) is 0.125. The van der Waals surface area contributed by atoms with Crippen molar-refractivity contribution in [1.29, 1.82) is 0 Å². The van der Waals surface area contributed by atoms with Crippen LogP contribution in [0.25, 0.3) is 0 Å². The van der Waals surface area contributed by atoms with Gasteiger partial charge in [-0.1, -0.05) is 91.0 Å². The van der Waals surface area contributed by atoms with Crippen LogP contribution in [0, 0.1) is 0 Å². The lowest BCUT2D eigenvalue weighted by molar-refractivity contribution is -0.128. The molecule has 0 fully saturated rings. The van der Waals surface area contributed by atoms with Crippen molar-refractivity contribution in [3.05, 3.63) is 108 Å². The number of hydrogen-bond donors (Lipinski definition) is 3. The summed E-state index contributed by atoms with van der Waals surface area (Å²) in [5.74, 6) is -1.20. The van der Waals surface area contributed by atoms with Gasteiger partial charge in [0.15, 0.2) is 0 Å². The summed E-state index contributed by atoms with van der Waals surface area (Å²) in [7, 11) is 0. The van der Waals surface area contributed by atoms with Gasteiger partial charge < -0.3 is 16.4 Å². The van der Waals surface area contributed by atoms with E-state index in [4.69, 9.17) is 5.73 Å². The van der Waals surface area contributed by atoms with Gasteiger partial charge in [-0.2, -0.15) is 0 Å². The van der Waals surface area contributed by atoms with E-state index < -0.39 is 23.4 Å². The normalized spacial score (nSPS) is 11.9. The number of benzene rings is 3. The molecule has 30 heavy (non-hydrogen) atoms. The van der Waals surface area contributed by atoms with Gasteiger partial charge in [0.1, 0.15) is 11.6 Å². The van der Waals surface area contributed by atoms with Crippen LogP contribution < -0.4 is 16.4 Å². The molecule has 0 aliphatic heterocycles. The fourth-order valence-electron chi connectivity index (χ4n) is 3.55. The van der Waals surface area contributed by atoms with Gasteiger partial charge in [-0.3, -0.25) is 14.4 Å². The lowest BCUT2D eigenvalue weighted by Gasteiger charge is -2.37. The average molecular weight is 401 g/mol. The van der Waals surface area contributed by atoms with Crippen LogP contribution in [0.3, 0.4) is 0 Å². The minimum Gasteiger partial charge on any atom is -0.368 e. The number of nitrogens with two attached hydrogens (primary N) is 1. The zero-order chi connectivity index (χ0) is 21.4. The maximum atomic E-state index is 13.1. The molecule has 1 atom stereocenters. The minimum absolute atomic E-state index is 0.275. The van der Waals surface area contributed by atoms with Gasteiger partial charge in [0, 0.05) is 0 Å². The summed E-state index contributed by atoms with van der Waals surface area (Å²) in [6.45, 7) is 0. The molecule has 3 rings (SSSR count). The summed E-state index contributed by atoms with van der Waals surface area (Å²) in [4.78, 5) is 35.5. The van der Waals surface area contributed by atoms with E-state index in [9.17, 15) is 14.4 Å². The Morgan fingerprint density at radius 2 is 1.20 bits per heavy atom. The van der Waals surface area contributed by atoms with Crippen molar-refractivity contribution in [1.82, 2.24) is 10.6 Å². The van der Waals surface area contributed by atoms with Crippen LogP contribution >= 0.6 is 0 Å². The summed E-state index contributed by atoms with van der Waals surface area (Å²) < 4.78 is 0. The first-order valence-corrected chi connectivity index (χ1v) is 9.54. The molecule has 0 aliphatic rings. The second kappa shape index (κ2) is 9.52. The molecular formula is C24H23N3O3. The van der Waals surface area contributed by atoms with Gasteiger partial charge in [-0.05, 0) is 16.7 Å². The van der Waals surface area contributed by atoms with Gasteiger partial charge in [0.2, 0.25) is 18.2 Å². The van der Waals surface area contributed by atoms with Crippen LogP contribution in [0.5, 0.6) is 0 Å². The summed E-state index contributed by atoms with van der Waals surface area (Å²) in [6.07, 6.45) is 0.0872. The molecule has 0 aliphatic carbocycles. The monoisotopic (exact) mass is 401 g/mol. The van der Waals surface area contributed by atoms with E-state index in [1.165, 1.54) is 0 Å².